The highest BCUT2D eigenvalue weighted by Crippen LogP contribution is 2.25. The zero-order valence-electron chi connectivity index (χ0n) is 8.91. The molecule has 2 nitrogen and oxygen atoms in total. The molecule has 0 unspecified atom stereocenters. The summed E-state index contributed by atoms with van der Waals surface area (Å²) in [6, 6.07) is 12.2. The third-order valence-corrected chi connectivity index (χ3v) is 2.40. The predicted octanol–water partition coefficient (Wildman–Crippen LogP) is 3.08. The molecule has 0 aliphatic carbocycles. The zero-order chi connectivity index (χ0) is 11.5. The third-order valence-electron chi connectivity index (χ3n) is 2.40. The molecule has 2 aromatic carbocycles. The van der Waals surface area contributed by atoms with Crippen LogP contribution in [0.25, 0.3) is 11.1 Å². The van der Waals surface area contributed by atoms with Crippen molar-refractivity contribution in [3.8, 4) is 16.9 Å². The van der Waals surface area contributed by atoms with Crippen molar-refractivity contribution in [2.45, 2.75) is 0 Å². The molecule has 0 saturated heterocycles. The van der Waals surface area contributed by atoms with Gasteiger partial charge < -0.3 is 10.5 Å². The van der Waals surface area contributed by atoms with Gasteiger partial charge in [0.05, 0.1) is 12.8 Å². The molecule has 0 amide bonds. The fourth-order valence-corrected chi connectivity index (χ4v) is 1.51. The lowest BCUT2D eigenvalue weighted by atomic mass is 10.0. The number of hydrogen-bond donors (Lipinski definition) is 1. The first-order valence-electron chi connectivity index (χ1n) is 4.90. The van der Waals surface area contributed by atoms with Gasteiger partial charge in [-0.25, -0.2) is 4.39 Å². The van der Waals surface area contributed by atoms with Crippen molar-refractivity contribution >= 4 is 5.69 Å². The van der Waals surface area contributed by atoms with Crippen LogP contribution in [0, 0.1) is 5.82 Å². The van der Waals surface area contributed by atoms with E-state index in [2.05, 4.69) is 0 Å². The largest absolute Gasteiger partial charge is 0.497 e. The van der Waals surface area contributed by atoms with E-state index in [9.17, 15) is 4.39 Å². The molecule has 82 valence electrons. The summed E-state index contributed by atoms with van der Waals surface area (Å²) in [7, 11) is 1.60. The number of anilines is 1. The SMILES string of the molecule is COc1cccc(-c2ccc(N)c(F)c2)c1. The Balaban J connectivity index is 2.46. The quantitative estimate of drug-likeness (QED) is 0.784. The highest BCUT2D eigenvalue weighted by atomic mass is 19.1. The van der Waals surface area contributed by atoms with Gasteiger partial charge in [-0.3, -0.25) is 0 Å². The van der Waals surface area contributed by atoms with E-state index in [1.807, 2.05) is 24.3 Å². The first-order chi connectivity index (χ1) is 7.70. The van der Waals surface area contributed by atoms with Crippen LogP contribution in [0.1, 0.15) is 0 Å². The van der Waals surface area contributed by atoms with Crippen molar-refractivity contribution in [3.63, 3.8) is 0 Å². The van der Waals surface area contributed by atoms with Gasteiger partial charge in [0.25, 0.3) is 0 Å². The van der Waals surface area contributed by atoms with E-state index in [0.29, 0.717) is 0 Å². The van der Waals surface area contributed by atoms with Crippen LogP contribution in [0.2, 0.25) is 0 Å². The number of nitrogens with two attached hydrogens (primary N) is 1. The van der Waals surface area contributed by atoms with Gasteiger partial charge in [0.1, 0.15) is 11.6 Å². The lowest BCUT2D eigenvalue weighted by molar-refractivity contribution is 0.415. The maximum absolute atomic E-state index is 13.3. The minimum absolute atomic E-state index is 0.159. The van der Waals surface area contributed by atoms with Crippen molar-refractivity contribution in [3.05, 3.63) is 48.3 Å². The van der Waals surface area contributed by atoms with Crippen LogP contribution in [0.3, 0.4) is 0 Å². The molecule has 0 saturated carbocycles. The summed E-state index contributed by atoms with van der Waals surface area (Å²) in [6.07, 6.45) is 0. The molecule has 16 heavy (non-hydrogen) atoms. The van der Waals surface area contributed by atoms with Gasteiger partial charge in [-0.15, -0.1) is 0 Å². The van der Waals surface area contributed by atoms with E-state index in [1.54, 1.807) is 19.2 Å². The van der Waals surface area contributed by atoms with E-state index in [0.717, 1.165) is 16.9 Å². The Morgan fingerprint density at radius 3 is 2.50 bits per heavy atom. The number of methoxy groups -OCH3 is 1. The monoisotopic (exact) mass is 217 g/mol. The second kappa shape index (κ2) is 4.23. The standard InChI is InChI=1S/C13H12FNO/c1-16-11-4-2-3-9(7-11)10-5-6-13(15)12(14)8-10/h2-8H,15H2,1H3. The number of hydrogen-bond acceptors (Lipinski definition) is 2. The average molecular weight is 217 g/mol. The summed E-state index contributed by atoms with van der Waals surface area (Å²) < 4.78 is 18.4. The molecule has 0 radical (unpaired) electrons. The van der Waals surface area contributed by atoms with Crippen molar-refractivity contribution in [1.82, 2.24) is 0 Å². The number of nitrogen functional groups attached to an aromatic ring is 1. The Labute approximate surface area is 93.5 Å². The summed E-state index contributed by atoms with van der Waals surface area (Å²) >= 11 is 0. The summed E-state index contributed by atoms with van der Waals surface area (Å²) in [4.78, 5) is 0. The Bertz CT molecular complexity index is 511. The highest BCUT2D eigenvalue weighted by Gasteiger charge is 2.03. The van der Waals surface area contributed by atoms with Crippen LogP contribution in [0.4, 0.5) is 10.1 Å². The Hall–Kier alpha value is -2.03. The minimum atomic E-state index is -0.402. The predicted molar refractivity (Wildman–Crippen MR) is 62.8 cm³/mol. The van der Waals surface area contributed by atoms with Crippen LogP contribution >= 0.6 is 0 Å². The van der Waals surface area contributed by atoms with Gasteiger partial charge in [0, 0.05) is 0 Å². The molecule has 0 bridgehead atoms. The Morgan fingerprint density at radius 2 is 1.81 bits per heavy atom. The van der Waals surface area contributed by atoms with Crippen LogP contribution in [0.5, 0.6) is 5.75 Å². The van der Waals surface area contributed by atoms with Crippen LogP contribution in [-0.2, 0) is 0 Å². The van der Waals surface area contributed by atoms with Gasteiger partial charge >= 0.3 is 0 Å². The molecule has 0 spiro atoms. The van der Waals surface area contributed by atoms with Gasteiger partial charge in [0.15, 0.2) is 0 Å². The molecule has 2 aromatic rings. The van der Waals surface area contributed by atoms with Crippen molar-refractivity contribution in [2.24, 2.45) is 0 Å². The molecule has 2 N–H and O–H groups in total. The normalized spacial score (nSPS) is 10.1. The van der Waals surface area contributed by atoms with Gasteiger partial charge in [-0.1, -0.05) is 18.2 Å². The van der Waals surface area contributed by atoms with Crippen molar-refractivity contribution < 1.29 is 9.13 Å². The topological polar surface area (TPSA) is 35.2 Å². The van der Waals surface area contributed by atoms with Gasteiger partial charge in [-0.05, 0) is 35.4 Å². The van der Waals surface area contributed by atoms with E-state index in [-0.39, 0.29) is 5.69 Å². The van der Waals surface area contributed by atoms with E-state index in [4.69, 9.17) is 10.5 Å². The summed E-state index contributed by atoms with van der Waals surface area (Å²) in [5, 5.41) is 0. The second-order valence-corrected chi connectivity index (χ2v) is 3.47. The third kappa shape index (κ3) is 1.98. The Kier molecular flexibility index (Phi) is 2.77. The molecule has 0 heterocycles. The van der Waals surface area contributed by atoms with Crippen LogP contribution < -0.4 is 10.5 Å². The molecular weight excluding hydrogens is 205 g/mol. The first-order valence-corrected chi connectivity index (χ1v) is 4.90. The van der Waals surface area contributed by atoms with Crippen LogP contribution in [0.15, 0.2) is 42.5 Å². The van der Waals surface area contributed by atoms with E-state index >= 15 is 0 Å². The molecule has 0 aliphatic rings. The van der Waals surface area contributed by atoms with Gasteiger partial charge in [-0.2, -0.15) is 0 Å². The number of benzene rings is 2. The maximum Gasteiger partial charge on any atom is 0.146 e. The van der Waals surface area contributed by atoms with Crippen LogP contribution in [-0.4, -0.2) is 7.11 Å². The first kappa shape index (κ1) is 10.5. The number of rotatable bonds is 2. The van der Waals surface area contributed by atoms with Crippen molar-refractivity contribution in [1.29, 1.82) is 0 Å². The number of ether oxygens (including phenoxy) is 1. The summed E-state index contributed by atoms with van der Waals surface area (Å²) in [6.45, 7) is 0. The molecule has 0 fully saturated rings. The molecular formula is C13H12FNO. The molecule has 2 rings (SSSR count). The molecule has 3 heteroatoms. The fourth-order valence-electron chi connectivity index (χ4n) is 1.51. The molecule has 0 atom stereocenters. The fraction of sp³-hybridized carbons (Fsp3) is 0.0769. The Morgan fingerprint density at radius 1 is 1.06 bits per heavy atom. The average Bonchev–Trinajstić information content (AvgIpc) is 2.33. The maximum atomic E-state index is 13.3. The summed E-state index contributed by atoms with van der Waals surface area (Å²) in [5.41, 5.74) is 7.27. The van der Waals surface area contributed by atoms with Crippen molar-refractivity contribution in [2.75, 3.05) is 12.8 Å². The zero-order valence-corrected chi connectivity index (χ0v) is 8.91. The minimum Gasteiger partial charge on any atom is -0.497 e. The molecule has 0 aliphatic heterocycles. The van der Waals surface area contributed by atoms with E-state index < -0.39 is 5.82 Å². The lowest BCUT2D eigenvalue weighted by Gasteiger charge is -2.05. The molecule has 0 aromatic heterocycles. The van der Waals surface area contributed by atoms with Gasteiger partial charge in [0.2, 0.25) is 0 Å². The highest BCUT2D eigenvalue weighted by molar-refractivity contribution is 5.67. The smallest absolute Gasteiger partial charge is 0.146 e. The summed E-state index contributed by atoms with van der Waals surface area (Å²) in [5.74, 6) is 0.343. The second-order valence-electron chi connectivity index (χ2n) is 3.47. The van der Waals surface area contributed by atoms with E-state index in [1.165, 1.54) is 6.07 Å². The number of halogens is 1. The lowest BCUT2D eigenvalue weighted by Crippen LogP contribution is -1.90.